The highest BCUT2D eigenvalue weighted by atomic mass is 16.3. The van der Waals surface area contributed by atoms with Crippen LogP contribution in [0.4, 0.5) is 17.1 Å². The van der Waals surface area contributed by atoms with E-state index in [4.69, 9.17) is 8.83 Å². The molecule has 3 heteroatoms. The van der Waals surface area contributed by atoms with Gasteiger partial charge in [-0.25, -0.2) is 0 Å². The second-order valence-corrected chi connectivity index (χ2v) is 17.9. The van der Waals surface area contributed by atoms with Gasteiger partial charge in [0.2, 0.25) is 0 Å². The Kier molecular flexibility index (Phi) is 8.50. The first-order valence-corrected chi connectivity index (χ1v) is 23.3. The highest BCUT2D eigenvalue weighted by Crippen LogP contribution is 2.57. The van der Waals surface area contributed by atoms with E-state index in [0.717, 1.165) is 88.6 Å². The summed E-state index contributed by atoms with van der Waals surface area (Å²) in [6.45, 7) is 0. The van der Waals surface area contributed by atoms with E-state index in [1.54, 1.807) is 0 Å². The quantitative estimate of drug-likeness (QED) is 0.160. The zero-order valence-electron chi connectivity index (χ0n) is 36.9. The number of anilines is 3. The maximum Gasteiger partial charge on any atom is 0.143 e. The lowest BCUT2D eigenvalue weighted by Crippen LogP contribution is -2.28. The molecule has 0 N–H and O–H groups in total. The molecule has 0 unspecified atom stereocenters. The molecule has 0 spiro atoms. The first-order valence-electron chi connectivity index (χ1n) is 23.3. The Morgan fingerprint density at radius 3 is 1.68 bits per heavy atom. The van der Waals surface area contributed by atoms with Crippen LogP contribution in [0, 0.1) is 0 Å². The lowest BCUT2D eigenvalue weighted by atomic mass is 9.67. The second-order valence-electron chi connectivity index (χ2n) is 17.9. The third-order valence-corrected chi connectivity index (χ3v) is 14.4. The molecule has 318 valence electrons. The van der Waals surface area contributed by atoms with Gasteiger partial charge in [0, 0.05) is 44.0 Å². The molecule has 2 heterocycles. The largest absolute Gasteiger partial charge is 0.456 e. The van der Waals surface area contributed by atoms with Gasteiger partial charge in [0.05, 0.1) is 5.41 Å². The summed E-state index contributed by atoms with van der Waals surface area (Å²) < 4.78 is 12.8. The molecule has 68 heavy (non-hydrogen) atoms. The van der Waals surface area contributed by atoms with E-state index in [2.05, 4.69) is 241 Å². The van der Waals surface area contributed by atoms with Crippen molar-refractivity contribution >= 4 is 71.7 Å². The summed E-state index contributed by atoms with van der Waals surface area (Å²) in [5, 5.41) is 6.80. The molecule has 0 bridgehead atoms. The van der Waals surface area contributed by atoms with Gasteiger partial charge in [-0.15, -0.1) is 0 Å². The number of nitrogens with zero attached hydrogens (tertiary/aromatic N) is 1. The number of fused-ring (bicyclic) bond motifs is 11. The summed E-state index contributed by atoms with van der Waals surface area (Å²) in [5.74, 6) is 0. The highest BCUT2D eigenvalue weighted by Gasteiger charge is 2.46. The van der Waals surface area contributed by atoms with Gasteiger partial charge in [-0.05, 0) is 128 Å². The SMILES string of the molecule is c1ccc(C2(c3ccccc3)c3ccccc3-c3ccc(N(c4ccc(-c5ccc6oc7ccccc7c6c5)cc4)c4ccc(-c5cccc6oc7c8ccccc8ccc7c56)cc4)cc32)cc1. The Balaban J connectivity index is 0.941. The molecule has 1 aliphatic rings. The fourth-order valence-corrected chi connectivity index (χ4v) is 11.3. The van der Waals surface area contributed by atoms with Crippen LogP contribution in [0.15, 0.2) is 258 Å². The van der Waals surface area contributed by atoms with Crippen LogP contribution in [0.2, 0.25) is 0 Å². The fraction of sp³-hybridized carbons (Fsp3) is 0.0154. The van der Waals surface area contributed by atoms with Gasteiger partial charge in [-0.1, -0.05) is 182 Å². The minimum atomic E-state index is -0.531. The van der Waals surface area contributed by atoms with Crippen molar-refractivity contribution in [3.05, 3.63) is 271 Å². The molecule has 0 aliphatic heterocycles. The Morgan fingerprint density at radius 1 is 0.309 bits per heavy atom. The molecule has 0 atom stereocenters. The van der Waals surface area contributed by atoms with Crippen molar-refractivity contribution < 1.29 is 8.83 Å². The van der Waals surface area contributed by atoms with Crippen molar-refractivity contribution in [1.29, 1.82) is 0 Å². The zero-order valence-corrected chi connectivity index (χ0v) is 36.9. The van der Waals surface area contributed by atoms with Crippen molar-refractivity contribution in [3.63, 3.8) is 0 Å². The number of benzene rings is 11. The summed E-state index contributed by atoms with van der Waals surface area (Å²) in [6.07, 6.45) is 0. The van der Waals surface area contributed by atoms with Crippen molar-refractivity contribution in [1.82, 2.24) is 0 Å². The fourth-order valence-electron chi connectivity index (χ4n) is 11.3. The van der Waals surface area contributed by atoms with E-state index in [1.165, 1.54) is 38.8 Å². The summed E-state index contributed by atoms with van der Waals surface area (Å²) in [7, 11) is 0. The van der Waals surface area contributed by atoms with E-state index in [-0.39, 0.29) is 0 Å². The Morgan fingerprint density at radius 2 is 0.897 bits per heavy atom. The van der Waals surface area contributed by atoms with Crippen molar-refractivity contribution in [2.75, 3.05) is 4.90 Å². The summed E-state index contributed by atoms with van der Waals surface area (Å²) in [6, 6.07) is 90.2. The number of furan rings is 2. The summed E-state index contributed by atoms with van der Waals surface area (Å²) in [4.78, 5) is 2.41. The van der Waals surface area contributed by atoms with Gasteiger partial charge >= 0.3 is 0 Å². The van der Waals surface area contributed by atoms with Crippen LogP contribution in [0.1, 0.15) is 22.3 Å². The van der Waals surface area contributed by atoms with Crippen molar-refractivity contribution in [3.8, 4) is 33.4 Å². The lowest BCUT2D eigenvalue weighted by Gasteiger charge is -2.35. The van der Waals surface area contributed by atoms with Crippen LogP contribution in [-0.2, 0) is 5.41 Å². The van der Waals surface area contributed by atoms with Crippen LogP contribution in [0.5, 0.6) is 0 Å². The predicted octanol–water partition coefficient (Wildman–Crippen LogP) is 17.8. The van der Waals surface area contributed by atoms with Crippen LogP contribution in [0.25, 0.3) is 88.0 Å². The van der Waals surface area contributed by atoms with E-state index >= 15 is 0 Å². The average Bonchev–Trinajstić information content (AvgIpc) is 4.08. The molecule has 0 amide bonds. The van der Waals surface area contributed by atoms with Gasteiger partial charge in [-0.2, -0.15) is 0 Å². The topological polar surface area (TPSA) is 29.5 Å². The molecule has 0 saturated heterocycles. The lowest BCUT2D eigenvalue weighted by molar-refractivity contribution is 0.669. The molecule has 1 aliphatic carbocycles. The van der Waals surface area contributed by atoms with Crippen molar-refractivity contribution in [2.45, 2.75) is 5.41 Å². The number of hydrogen-bond acceptors (Lipinski definition) is 3. The maximum absolute atomic E-state index is 6.61. The zero-order chi connectivity index (χ0) is 44.8. The third kappa shape index (κ3) is 5.72. The third-order valence-electron chi connectivity index (χ3n) is 14.4. The van der Waals surface area contributed by atoms with E-state index in [9.17, 15) is 0 Å². The van der Waals surface area contributed by atoms with Crippen LogP contribution in [0.3, 0.4) is 0 Å². The van der Waals surface area contributed by atoms with Gasteiger partial charge in [-0.3, -0.25) is 0 Å². The van der Waals surface area contributed by atoms with Crippen LogP contribution in [-0.4, -0.2) is 0 Å². The van der Waals surface area contributed by atoms with Crippen molar-refractivity contribution in [2.24, 2.45) is 0 Å². The molecule has 2 aromatic heterocycles. The standard InChI is InChI=1S/C65H41NO2/c1-3-15-46(16-4-1)65(47-17-5-2-6-18-47)58-23-11-9-20-53(58)54-38-36-50(41-59(54)65)66(48-32-26-42(27-33-48)45-31-39-61-57(40-45)55-21-10-12-24-60(55)67-61)49-34-28-44(29-35-49)51-22-13-25-62-63(51)56-37-30-43-14-7-8-19-52(43)64(56)68-62/h1-41H. The smallest absolute Gasteiger partial charge is 0.143 e. The van der Waals surface area contributed by atoms with Crippen LogP contribution >= 0.6 is 0 Å². The van der Waals surface area contributed by atoms with E-state index in [0.29, 0.717) is 0 Å². The minimum absolute atomic E-state index is 0.531. The molecular formula is C65H41NO2. The van der Waals surface area contributed by atoms with E-state index in [1.807, 2.05) is 12.1 Å². The van der Waals surface area contributed by atoms with E-state index < -0.39 is 5.41 Å². The second kappa shape index (κ2) is 15.1. The molecule has 0 saturated carbocycles. The maximum atomic E-state index is 6.61. The van der Waals surface area contributed by atoms with Gasteiger partial charge < -0.3 is 13.7 Å². The highest BCUT2D eigenvalue weighted by molar-refractivity contribution is 6.19. The average molecular weight is 868 g/mol. The number of para-hydroxylation sites is 1. The van der Waals surface area contributed by atoms with Gasteiger partial charge in [0.25, 0.3) is 0 Å². The molecule has 11 aromatic carbocycles. The Labute approximate surface area is 393 Å². The van der Waals surface area contributed by atoms with Gasteiger partial charge in [0.15, 0.2) is 0 Å². The molecular weight excluding hydrogens is 827 g/mol. The Hall–Kier alpha value is -8.92. The summed E-state index contributed by atoms with van der Waals surface area (Å²) >= 11 is 0. The normalized spacial score (nSPS) is 12.8. The van der Waals surface area contributed by atoms with Crippen LogP contribution < -0.4 is 4.90 Å². The first kappa shape index (κ1) is 38.4. The Bertz CT molecular complexity index is 4030. The molecule has 3 nitrogen and oxygen atoms in total. The summed E-state index contributed by atoms with van der Waals surface area (Å²) in [5.41, 5.74) is 18.4. The number of hydrogen-bond donors (Lipinski definition) is 0. The molecule has 14 rings (SSSR count). The molecule has 13 aromatic rings. The first-order chi connectivity index (χ1) is 33.7. The number of rotatable bonds is 7. The van der Waals surface area contributed by atoms with Gasteiger partial charge in [0.1, 0.15) is 22.3 Å². The minimum Gasteiger partial charge on any atom is -0.456 e. The predicted molar refractivity (Wildman–Crippen MR) is 281 cm³/mol. The molecule has 0 fully saturated rings. The molecule has 0 radical (unpaired) electrons. The monoisotopic (exact) mass is 867 g/mol.